The summed E-state index contributed by atoms with van der Waals surface area (Å²) in [7, 11) is 1.25. The van der Waals surface area contributed by atoms with E-state index < -0.39 is 17.9 Å². The number of rotatable bonds is 4. The zero-order chi connectivity index (χ0) is 22.2. The maximum atomic E-state index is 13.1. The molecule has 7 nitrogen and oxygen atoms in total. The quantitative estimate of drug-likeness (QED) is 0.755. The minimum absolute atomic E-state index is 0.0700. The summed E-state index contributed by atoms with van der Waals surface area (Å²) >= 11 is 0. The van der Waals surface area contributed by atoms with Gasteiger partial charge in [0.1, 0.15) is 11.3 Å². The van der Waals surface area contributed by atoms with Crippen molar-refractivity contribution in [3.63, 3.8) is 0 Å². The summed E-state index contributed by atoms with van der Waals surface area (Å²) in [6.45, 7) is 7.51. The number of carbonyl (C=O) groups excluding carboxylic acids is 3. The van der Waals surface area contributed by atoms with Crippen LogP contribution in [-0.2, 0) is 23.8 Å². The molecule has 1 heterocycles. The zero-order valence-electron chi connectivity index (χ0n) is 17.9. The molecule has 1 aliphatic heterocycles. The molecule has 7 heteroatoms. The standard InChI is InChI=1S/C23H27NO6/c1-12(2)29-21(26)14-8-6-13(7-9-14)17-18-15(25)10-23(3,4)11-16(18)30-20(24)19(17)22(27)28-5/h6-9,12,17H,10-11,24H2,1-5H3/t17-/m1/s1. The number of ketones is 1. The second-order valence-electron chi connectivity index (χ2n) is 8.66. The Balaban J connectivity index is 2.08. The molecule has 0 aromatic heterocycles. The van der Waals surface area contributed by atoms with E-state index in [4.69, 9.17) is 19.9 Å². The first kappa shape index (κ1) is 21.6. The van der Waals surface area contributed by atoms with E-state index in [-0.39, 0.29) is 28.8 Å². The third-order valence-electron chi connectivity index (χ3n) is 5.18. The minimum Gasteiger partial charge on any atom is -0.465 e. The molecule has 1 aliphatic carbocycles. The van der Waals surface area contributed by atoms with Crippen LogP contribution in [-0.4, -0.2) is 30.9 Å². The monoisotopic (exact) mass is 413 g/mol. The van der Waals surface area contributed by atoms with E-state index in [1.165, 1.54) is 7.11 Å². The van der Waals surface area contributed by atoms with Gasteiger partial charge in [0.05, 0.1) is 24.7 Å². The summed E-state index contributed by atoms with van der Waals surface area (Å²) in [5, 5.41) is 0. The van der Waals surface area contributed by atoms with Gasteiger partial charge in [-0.2, -0.15) is 0 Å². The van der Waals surface area contributed by atoms with Gasteiger partial charge in [-0.1, -0.05) is 26.0 Å². The molecule has 1 aromatic carbocycles. The van der Waals surface area contributed by atoms with Crippen LogP contribution < -0.4 is 5.73 Å². The molecule has 2 N–H and O–H groups in total. The molecule has 0 fully saturated rings. The molecule has 1 atom stereocenters. The number of hydrogen-bond acceptors (Lipinski definition) is 7. The normalized spacial score (nSPS) is 20.6. The first-order chi connectivity index (χ1) is 14.0. The lowest BCUT2D eigenvalue weighted by molar-refractivity contribution is -0.136. The number of benzene rings is 1. The van der Waals surface area contributed by atoms with E-state index in [0.29, 0.717) is 35.3 Å². The van der Waals surface area contributed by atoms with Gasteiger partial charge in [0.15, 0.2) is 5.78 Å². The lowest BCUT2D eigenvalue weighted by Crippen LogP contribution is -2.35. The number of nitrogens with two attached hydrogens (primary N) is 1. The second-order valence-corrected chi connectivity index (χ2v) is 8.66. The van der Waals surface area contributed by atoms with E-state index in [0.717, 1.165) is 0 Å². The van der Waals surface area contributed by atoms with E-state index in [2.05, 4.69) is 0 Å². The first-order valence-electron chi connectivity index (χ1n) is 9.87. The number of hydrogen-bond donors (Lipinski definition) is 1. The van der Waals surface area contributed by atoms with Gasteiger partial charge in [0.2, 0.25) is 5.88 Å². The van der Waals surface area contributed by atoms with Gasteiger partial charge >= 0.3 is 11.9 Å². The Hall–Kier alpha value is -3.09. The molecule has 0 spiro atoms. The molecular formula is C23H27NO6. The van der Waals surface area contributed by atoms with Crippen LogP contribution in [0.4, 0.5) is 0 Å². The number of allylic oxidation sites excluding steroid dienone is 2. The topological polar surface area (TPSA) is 105 Å². The molecule has 160 valence electrons. The molecule has 0 unspecified atom stereocenters. The van der Waals surface area contributed by atoms with Gasteiger partial charge in [-0.3, -0.25) is 4.79 Å². The maximum Gasteiger partial charge on any atom is 0.340 e. The molecule has 0 bridgehead atoms. The zero-order valence-corrected chi connectivity index (χ0v) is 17.9. The molecule has 1 aromatic rings. The largest absolute Gasteiger partial charge is 0.465 e. The van der Waals surface area contributed by atoms with Crippen molar-refractivity contribution in [2.45, 2.75) is 52.6 Å². The summed E-state index contributed by atoms with van der Waals surface area (Å²) < 4.78 is 15.9. The fourth-order valence-electron chi connectivity index (χ4n) is 3.92. The van der Waals surface area contributed by atoms with Crippen LogP contribution in [0.15, 0.2) is 47.1 Å². The van der Waals surface area contributed by atoms with Crippen molar-refractivity contribution in [1.82, 2.24) is 0 Å². The summed E-state index contributed by atoms with van der Waals surface area (Å²) in [5.41, 5.74) is 7.35. The number of esters is 2. The fraction of sp³-hybridized carbons (Fsp3) is 0.435. The van der Waals surface area contributed by atoms with E-state index in [9.17, 15) is 14.4 Å². The highest BCUT2D eigenvalue weighted by Gasteiger charge is 2.44. The number of Topliss-reactive ketones (excluding diaryl/α,β-unsaturated/α-hetero) is 1. The number of methoxy groups -OCH3 is 1. The van der Waals surface area contributed by atoms with Crippen LogP contribution >= 0.6 is 0 Å². The third-order valence-corrected chi connectivity index (χ3v) is 5.18. The van der Waals surface area contributed by atoms with Crippen LogP contribution in [0.1, 0.15) is 62.4 Å². The molecule has 30 heavy (non-hydrogen) atoms. The van der Waals surface area contributed by atoms with Crippen LogP contribution in [0.25, 0.3) is 0 Å². The van der Waals surface area contributed by atoms with Gasteiger partial charge in [0, 0.05) is 18.4 Å². The summed E-state index contributed by atoms with van der Waals surface area (Å²) in [5.74, 6) is -1.51. The van der Waals surface area contributed by atoms with Crippen molar-refractivity contribution in [1.29, 1.82) is 0 Å². The van der Waals surface area contributed by atoms with Gasteiger partial charge < -0.3 is 19.9 Å². The molecule has 3 rings (SSSR count). The average Bonchev–Trinajstić information content (AvgIpc) is 2.65. The Morgan fingerprint density at radius 3 is 2.33 bits per heavy atom. The highest BCUT2D eigenvalue weighted by molar-refractivity contribution is 6.03. The predicted octanol–water partition coefficient (Wildman–Crippen LogP) is 3.35. The van der Waals surface area contributed by atoms with Crippen molar-refractivity contribution in [2.75, 3.05) is 7.11 Å². The maximum absolute atomic E-state index is 13.1. The number of carbonyl (C=O) groups is 3. The van der Waals surface area contributed by atoms with Crippen molar-refractivity contribution in [3.05, 3.63) is 58.2 Å². The Morgan fingerprint density at radius 1 is 1.13 bits per heavy atom. The Bertz CT molecular complexity index is 952. The lowest BCUT2D eigenvalue weighted by atomic mass is 9.70. The van der Waals surface area contributed by atoms with Gasteiger partial charge in [-0.15, -0.1) is 0 Å². The molecule has 0 saturated heterocycles. The van der Waals surface area contributed by atoms with Crippen molar-refractivity contribution >= 4 is 17.7 Å². The van der Waals surface area contributed by atoms with Crippen molar-refractivity contribution in [3.8, 4) is 0 Å². The molecule has 0 amide bonds. The first-order valence-corrected chi connectivity index (χ1v) is 9.87. The Morgan fingerprint density at radius 2 is 1.77 bits per heavy atom. The summed E-state index contributed by atoms with van der Waals surface area (Å²) in [6, 6.07) is 6.61. The minimum atomic E-state index is -0.722. The molecular weight excluding hydrogens is 386 g/mol. The fourth-order valence-corrected chi connectivity index (χ4v) is 3.92. The average molecular weight is 413 g/mol. The SMILES string of the molecule is COC(=O)C1=C(N)OC2=C(C(=O)CC(C)(C)C2)[C@H]1c1ccc(C(=O)OC(C)C)cc1. The van der Waals surface area contributed by atoms with E-state index in [1.54, 1.807) is 38.1 Å². The highest BCUT2D eigenvalue weighted by Crippen LogP contribution is 2.48. The van der Waals surface area contributed by atoms with E-state index >= 15 is 0 Å². The second kappa shape index (κ2) is 7.97. The van der Waals surface area contributed by atoms with Crippen LogP contribution in [0, 0.1) is 5.41 Å². The number of ether oxygens (including phenoxy) is 3. The van der Waals surface area contributed by atoms with Crippen LogP contribution in [0.5, 0.6) is 0 Å². The van der Waals surface area contributed by atoms with Gasteiger partial charge in [0.25, 0.3) is 0 Å². The lowest BCUT2D eigenvalue weighted by Gasteiger charge is -2.37. The van der Waals surface area contributed by atoms with Gasteiger partial charge in [-0.05, 0) is 37.0 Å². The van der Waals surface area contributed by atoms with Crippen molar-refractivity contribution < 1.29 is 28.6 Å². The summed E-state index contributed by atoms with van der Waals surface area (Å²) in [6.07, 6.45) is 0.620. The molecule has 0 saturated carbocycles. The molecule has 2 aliphatic rings. The predicted molar refractivity (Wildman–Crippen MR) is 109 cm³/mol. The summed E-state index contributed by atoms with van der Waals surface area (Å²) in [4.78, 5) is 37.7. The smallest absolute Gasteiger partial charge is 0.340 e. The Kier molecular flexibility index (Phi) is 5.74. The highest BCUT2D eigenvalue weighted by atomic mass is 16.5. The third kappa shape index (κ3) is 4.10. The van der Waals surface area contributed by atoms with Crippen LogP contribution in [0.3, 0.4) is 0 Å². The Labute approximate surface area is 175 Å². The van der Waals surface area contributed by atoms with Crippen molar-refractivity contribution in [2.24, 2.45) is 11.1 Å². The van der Waals surface area contributed by atoms with Crippen LogP contribution in [0.2, 0.25) is 0 Å². The molecule has 0 radical (unpaired) electrons. The van der Waals surface area contributed by atoms with E-state index in [1.807, 2.05) is 13.8 Å². The van der Waals surface area contributed by atoms with Gasteiger partial charge in [-0.25, -0.2) is 9.59 Å².